The van der Waals surface area contributed by atoms with E-state index in [0.29, 0.717) is 27.7 Å². The molecule has 0 unspecified atom stereocenters. The van der Waals surface area contributed by atoms with Crippen molar-refractivity contribution >= 4 is 29.4 Å². The van der Waals surface area contributed by atoms with E-state index in [-0.39, 0.29) is 12.4 Å². The molecule has 3 nitrogen and oxygen atoms in total. The first kappa shape index (κ1) is 19.0. The fraction of sp³-hybridized carbons (Fsp3) is 0.0417. The summed E-state index contributed by atoms with van der Waals surface area (Å²) in [7, 11) is 0. The van der Waals surface area contributed by atoms with Crippen LogP contribution in [-0.2, 0) is 16.1 Å². The smallest absolute Gasteiger partial charge is 0.343 e. The van der Waals surface area contributed by atoms with Gasteiger partial charge in [0.05, 0.1) is 5.57 Å². The molecule has 0 atom stereocenters. The highest BCUT2D eigenvalue weighted by molar-refractivity contribution is 6.30. The van der Waals surface area contributed by atoms with Crippen LogP contribution in [0.2, 0.25) is 5.02 Å². The molecule has 1 aliphatic rings. The van der Waals surface area contributed by atoms with Crippen molar-refractivity contribution < 1.29 is 18.7 Å². The van der Waals surface area contributed by atoms with Crippen LogP contribution in [0.4, 0.5) is 4.39 Å². The van der Waals surface area contributed by atoms with Crippen molar-refractivity contribution in [1.82, 2.24) is 0 Å². The largest absolute Gasteiger partial charge is 0.489 e. The fourth-order valence-corrected chi connectivity index (χ4v) is 2.99. The number of cyclic esters (lactones) is 1. The zero-order valence-corrected chi connectivity index (χ0v) is 16.0. The second-order valence-electron chi connectivity index (χ2n) is 6.45. The van der Waals surface area contributed by atoms with Gasteiger partial charge in [-0.2, -0.15) is 0 Å². The minimum Gasteiger partial charge on any atom is -0.489 e. The first-order valence-corrected chi connectivity index (χ1v) is 9.34. The number of benzene rings is 3. The number of ether oxygens (including phenoxy) is 2. The van der Waals surface area contributed by atoms with E-state index in [9.17, 15) is 9.18 Å². The zero-order chi connectivity index (χ0) is 20.2. The lowest BCUT2D eigenvalue weighted by Crippen LogP contribution is -1.98. The summed E-state index contributed by atoms with van der Waals surface area (Å²) in [6.07, 6.45) is 3.44. The summed E-state index contributed by atoms with van der Waals surface area (Å²) in [5.41, 5.74) is 2.55. The quantitative estimate of drug-likeness (QED) is 0.383. The van der Waals surface area contributed by atoms with Gasteiger partial charge in [0.15, 0.2) is 0 Å². The van der Waals surface area contributed by atoms with Crippen LogP contribution < -0.4 is 4.74 Å². The zero-order valence-electron chi connectivity index (χ0n) is 15.3. The lowest BCUT2D eigenvalue weighted by Gasteiger charge is -2.07. The van der Waals surface area contributed by atoms with E-state index >= 15 is 0 Å². The molecule has 0 aliphatic carbocycles. The van der Waals surface area contributed by atoms with Gasteiger partial charge in [0.2, 0.25) is 0 Å². The molecule has 0 fully saturated rings. The Morgan fingerprint density at radius 3 is 2.41 bits per heavy atom. The predicted octanol–water partition coefficient (Wildman–Crippen LogP) is 6.04. The number of rotatable bonds is 5. The van der Waals surface area contributed by atoms with Crippen molar-refractivity contribution in [1.29, 1.82) is 0 Å². The highest BCUT2D eigenvalue weighted by Gasteiger charge is 2.21. The Morgan fingerprint density at radius 1 is 0.966 bits per heavy atom. The van der Waals surface area contributed by atoms with Crippen molar-refractivity contribution in [2.75, 3.05) is 0 Å². The average molecular weight is 407 g/mol. The molecule has 1 heterocycles. The summed E-state index contributed by atoms with van der Waals surface area (Å²) in [6, 6.07) is 20.8. The van der Waals surface area contributed by atoms with Gasteiger partial charge in [-0.25, -0.2) is 9.18 Å². The second-order valence-corrected chi connectivity index (χ2v) is 6.89. The van der Waals surface area contributed by atoms with Crippen molar-refractivity contribution in [3.05, 3.63) is 112 Å². The molecule has 1 aliphatic heterocycles. The third-order valence-corrected chi connectivity index (χ3v) is 4.66. The summed E-state index contributed by atoms with van der Waals surface area (Å²) in [6.45, 7) is 0.145. The number of carbonyl (C=O) groups excluding carboxylic acids is 1. The van der Waals surface area contributed by atoms with Crippen LogP contribution in [-0.4, -0.2) is 5.97 Å². The van der Waals surface area contributed by atoms with E-state index in [0.717, 1.165) is 11.1 Å². The minimum atomic E-state index is -0.408. The third kappa shape index (κ3) is 4.55. The Kier molecular flexibility index (Phi) is 5.45. The van der Waals surface area contributed by atoms with Crippen LogP contribution >= 0.6 is 11.6 Å². The standard InChI is InChI=1S/C24H16ClFO3/c25-20-9-7-17(8-10-20)23-14-19(24(27)29-23)13-16-5-11-21(12-6-16)28-15-18-3-1-2-4-22(18)26/h1-14H,15H2/b19-13+. The van der Waals surface area contributed by atoms with Gasteiger partial charge in [0.1, 0.15) is 23.9 Å². The molecule has 0 radical (unpaired) electrons. The molecule has 0 saturated carbocycles. The van der Waals surface area contributed by atoms with Gasteiger partial charge in [0.25, 0.3) is 0 Å². The lowest BCUT2D eigenvalue weighted by molar-refractivity contribution is -0.130. The maximum absolute atomic E-state index is 13.7. The van der Waals surface area contributed by atoms with E-state index < -0.39 is 5.97 Å². The fourth-order valence-electron chi connectivity index (χ4n) is 2.86. The summed E-state index contributed by atoms with van der Waals surface area (Å²) >= 11 is 5.89. The first-order chi connectivity index (χ1) is 14.1. The van der Waals surface area contributed by atoms with Crippen molar-refractivity contribution in [2.45, 2.75) is 6.61 Å². The van der Waals surface area contributed by atoms with E-state index in [1.54, 1.807) is 66.7 Å². The topological polar surface area (TPSA) is 35.5 Å². The van der Waals surface area contributed by atoms with E-state index in [2.05, 4.69) is 0 Å². The Bertz CT molecular complexity index is 1100. The van der Waals surface area contributed by atoms with Gasteiger partial charge in [-0.3, -0.25) is 0 Å². The Labute approximate surface area is 172 Å². The molecule has 29 heavy (non-hydrogen) atoms. The summed E-state index contributed by atoms with van der Waals surface area (Å²) in [5.74, 6) is 0.399. The molecule has 0 N–H and O–H groups in total. The second kappa shape index (κ2) is 8.33. The maximum Gasteiger partial charge on any atom is 0.343 e. The molecule has 0 bridgehead atoms. The minimum absolute atomic E-state index is 0.145. The predicted molar refractivity (Wildman–Crippen MR) is 111 cm³/mol. The van der Waals surface area contributed by atoms with Gasteiger partial charge in [0, 0.05) is 16.1 Å². The Morgan fingerprint density at radius 2 is 1.69 bits per heavy atom. The molecule has 144 valence electrons. The van der Waals surface area contributed by atoms with Gasteiger partial charge in [-0.05, 0) is 60.2 Å². The van der Waals surface area contributed by atoms with Gasteiger partial charge < -0.3 is 9.47 Å². The highest BCUT2D eigenvalue weighted by Crippen LogP contribution is 2.28. The van der Waals surface area contributed by atoms with Crippen molar-refractivity contribution in [3.8, 4) is 5.75 Å². The number of esters is 1. The van der Waals surface area contributed by atoms with Crippen molar-refractivity contribution in [3.63, 3.8) is 0 Å². The van der Waals surface area contributed by atoms with Crippen LogP contribution in [0.1, 0.15) is 16.7 Å². The van der Waals surface area contributed by atoms with Crippen LogP contribution in [0.3, 0.4) is 0 Å². The van der Waals surface area contributed by atoms with Crippen LogP contribution in [0, 0.1) is 5.82 Å². The summed E-state index contributed by atoms with van der Waals surface area (Å²) < 4.78 is 24.6. The van der Waals surface area contributed by atoms with Crippen molar-refractivity contribution in [2.24, 2.45) is 0 Å². The summed E-state index contributed by atoms with van der Waals surface area (Å²) in [5, 5.41) is 0.617. The molecule has 0 aromatic heterocycles. The van der Waals surface area contributed by atoms with E-state index in [4.69, 9.17) is 21.1 Å². The van der Waals surface area contributed by atoms with E-state index in [1.807, 2.05) is 12.1 Å². The van der Waals surface area contributed by atoms with Crippen LogP contribution in [0.25, 0.3) is 11.8 Å². The molecule has 3 aromatic carbocycles. The van der Waals surface area contributed by atoms with Gasteiger partial charge in [-0.1, -0.05) is 41.9 Å². The molecule has 0 amide bonds. The monoisotopic (exact) mass is 406 g/mol. The number of hydrogen-bond acceptors (Lipinski definition) is 3. The molecule has 3 aromatic rings. The van der Waals surface area contributed by atoms with E-state index in [1.165, 1.54) is 6.07 Å². The van der Waals surface area contributed by atoms with Crippen LogP contribution in [0.5, 0.6) is 5.75 Å². The SMILES string of the molecule is O=C1OC(c2ccc(Cl)cc2)=C/C1=C\c1ccc(OCc2ccccc2F)cc1. The summed E-state index contributed by atoms with van der Waals surface area (Å²) in [4.78, 5) is 12.2. The molecular formula is C24H16ClFO3. The molecule has 0 saturated heterocycles. The molecular weight excluding hydrogens is 391 g/mol. The number of halogens is 2. The molecule has 0 spiro atoms. The number of hydrogen-bond donors (Lipinski definition) is 0. The highest BCUT2D eigenvalue weighted by atomic mass is 35.5. The lowest BCUT2D eigenvalue weighted by atomic mass is 10.1. The number of carbonyl (C=O) groups is 1. The third-order valence-electron chi connectivity index (χ3n) is 4.41. The Balaban J connectivity index is 1.46. The van der Waals surface area contributed by atoms with Gasteiger partial charge >= 0.3 is 5.97 Å². The maximum atomic E-state index is 13.7. The van der Waals surface area contributed by atoms with Gasteiger partial charge in [-0.15, -0.1) is 0 Å². The average Bonchev–Trinajstić information content (AvgIpc) is 3.09. The normalized spacial score (nSPS) is 14.6. The molecule has 4 rings (SSSR count). The Hall–Kier alpha value is -3.37. The van der Waals surface area contributed by atoms with Crippen LogP contribution in [0.15, 0.2) is 84.4 Å². The first-order valence-electron chi connectivity index (χ1n) is 8.96. The molecule has 5 heteroatoms.